The molecule has 7 heteroatoms. The third kappa shape index (κ3) is 4.42. The number of rotatable bonds is 8. The molecule has 3 rings (SSSR count). The van der Waals surface area contributed by atoms with Crippen LogP contribution in [0.15, 0.2) is 53.1 Å². The van der Waals surface area contributed by atoms with Gasteiger partial charge < -0.3 is 4.90 Å². The number of carbonyl (C=O) groups excluding carboxylic acids is 2. The quantitative estimate of drug-likeness (QED) is 0.655. The molecular weight excluding hydrogens is 412 g/mol. The van der Waals surface area contributed by atoms with Gasteiger partial charge in [0, 0.05) is 29.9 Å². The second kappa shape index (κ2) is 9.06. The molecule has 0 atom stereocenters. The van der Waals surface area contributed by atoms with Crippen molar-refractivity contribution in [3.05, 3.63) is 75.3 Å². The van der Waals surface area contributed by atoms with Crippen molar-refractivity contribution in [3.8, 4) is 0 Å². The first-order valence-corrected chi connectivity index (χ1v) is 12.0. The molecule has 2 aromatic rings. The second-order valence-corrected chi connectivity index (χ2v) is 9.39. The van der Waals surface area contributed by atoms with Crippen LogP contribution in [0.2, 0.25) is 0 Å². The highest BCUT2D eigenvalue weighted by molar-refractivity contribution is 7.97. The molecule has 0 aliphatic heterocycles. The van der Waals surface area contributed by atoms with Gasteiger partial charge in [0.1, 0.15) is 5.70 Å². The number of sulfonamides is 1. The van der Waals surface area contributed by atoms with Crippen molar-refractivity contribution in [2.24, 2.45) is 0 Å². The number of nitrogens with one attached hydrogen (secondary N) is 1. The lowest BCUT2D eigenvalue weighted by Gasteiger charge is -2.31. The molecule has 1 aliphatic carbocycles. The molecule has 0 unspecified atom stereocenters. The Morgan fingerprint density at radius 2 is 1.42 bits per heavy atom. The van der Waals surface area contributed by atoms with E-state index < -0.39 is 26.5 Å². The summed E-state index contributed by atoms with van der Waals surface area (Å²) in [6, 6.07) is 11.6. The number of nitrogens with zero attached hydrogens (tertiary/aromatic N) is 1. The molecule has 0 heterocycles. The van der Waals surface area contributed by atoms with Gasteiger partial charge in [-0.3, -0.25) is 14.3 Å². The van der Waals surface area contributed by atoms with Gasteiger partial charge in [0.25, 0.3) is 10.0 Å². The first-order valence-electron chi connectivity index (χ1n) is 10.5. The number of allylic oxidation sites excluding steroid dienone is 2. The molecule has 0 fully saturated rings. The number of benzene rings is 2. The fourth-order valence-electron chi connectivity index (χ4n) is 3.76. The van der Waals surface area contributed by atoms with Crippen LogP contribution in [0.25, 0.3) is 0 Å². The SMILES string of the molecule is CCCN(CCC)C1=C(S(=O)(=O)Nc2ccc(C)c(C)c2)C(=O)c2ccccc2C1=O. The highest BCUT2D eigenvalue weighted by Gasteiger charge is 2.41. The van der Waals surface area contributed by atoms with Crippen LogP contribution in [0.5, 0.6) is 0 Å². The minimum atomic E-state index is -4.30. The summed E-state index contributed by atoms with van der Waals surface area (Å²) in [5.74, 6) is -1.09. The van der Waals surface area contributed by atoms with Crippen LogP contribution in [0.1, 0.15) is 58.5 Å². The minimum absolute atomic E-state index is 0.0382. The first kappa shape index (κ1) is 22.7. The average molecular weight is 441 g/mol. The van der Waals surface area contributed by atoms with E-state index in [1.807, 2.05) is 33.8 Å². The van der Waals surface area contributed by atoms with E-state index in [1.165, 1.54) is 6.07 Å². The Kier molecular flexibility index (Phi) is 6.65. The predicted molar refractivity (Wildman–Crippen MR) is 123 cm³/mol. The van der Waals surface area contributed by atoms with Crippen molar-refractivity contribution in [2.45, 2.75) is 40.5 Å². The van der Waals surface area contributed by atoms with E-state index in [2.05, 4.69) is 4.72 Å². The Labute approximate surface area is 184 Å². The van der Waals surface area contributed by atoms with Crippen LogP contribution in [0.4, 0.5) is 5.69 Å². The topological polar surface area (TPSA) is 83.6 Å². The summed E-state index contributed by atoms with van der Waals surface area (Å²) in [5, 5.41) is 0. The van der Waals surface area contributed by atoms with Crippen LogP contribution < -0.4 is 4.72 Å². The van der Waals surface area contributed by atoms with E-state index in [0.29, 0.717) is 31.6 Å². The molecular formula is C24H28N2O4S. The van der Waals surface area contributed by atoms with Gasteiger partial charge in [-0.2, -0.15) is 0 Å². The largest absolute Gasteiger partial charge is 0.367 e. The average Bonchev–Trinajstić information content (AvgIpc) is 2.72. The monoisotopic (exact) mass is 440 g/mol. The summed E-state index contributed by atoms with van der Waals surface area (Å²) in [5.41, 5.74) is 2.62. The molecule has 0 saturated heterocycles. The van der Waals surface area contributed by atoms with Crippen molar-refractivity contribution >= 4 is 27.3 Å². The van der Waals surface area contributed by atoms with E-state index in [9.17, 15) is 18.0 Å². The van der Waals surface area contributed by atoms with Crippen LogP contribution >= 0.6 is 0 Å². The van der Waals surface area contributed by atoms with E-state index in [4.69, 9.17) is 0 Å². The Hall–Kier alpha value is -2.93. The van der Waals surface area contributed by atoms with Crippen molar-refractivity contribution < 1.29 is 18.0 Å². The fourth-order valence-corrected chi connectivity index (χ4v) is 5.13. The maximum atomic E-state index is 13.5. The van der Waals surface area contributed by atoms with Crippen molar-refractivity contribution in [3.63, 3.8) is 0 Å². The van der Waals surface area contributed by atoms with Crippen molar-refractivity contribution in [2.75, 3.05) is 17.8 Å². The number of ketones is 2. The second-order valence-electron chi connectivity index (χ2n) is 7.77. The normalized spacial score (nSPS) is 13.9. The lowest BCUT2D eigenvalue weighted by molar-refractivity contribution is 0.0946. The lowest BCUT2D eigenvalue weighted by atomic mass is 9.91. The molecule has 1 aliphatic rings. The van der Waals surface area contributed by atoms with Gasteiger partial charge in [-0.05, 0) is 49.9 Å². The van der Waals surface area contributed by atoms with E-state index in [0.717, 1.165) is 11.1 Å². The van der Waals surface area contributed by atoms with Crippen molar-refractivity contribution in [1.82, 2.24) is 4.90 Å². The number of carbonyl (C=O) groups is 2. The summed E-state index contributed by atoms with van der Waals surface area (Å²) in [7, 11) is -4.30. The van der Waals surface area contributed by atoms with Gasteiger partial charge in [0.2, 0.25) is 11.6 Å². The predicted octanol–water partition coefficient (Wildman–Crippen LogP) is 4.46. The van der Waals surface area contributed by atoms with Gasteiger partial charge in [0.15, 0.2) is 4.91 Å². The smallest absolute Gasteiger partial charge is 0.268 e. The summed E-state index contributed by atoms with van der Waals surface area (Å²) in [6.07, 6.45) is 1.43. The fraction of sp³-hybridized carbons (Fsp3) is 0.333. The molecule has 0 amide bonds. The van der Waals surface area contributed by atoms with Gasteiger partial charge in [-0.15, -0.1) is 0 Å². The third-order valence-electron chi connectivity index (χ3n) is 5.38. The molecule has 0 bridgehead atoms. The Bertz CT molecular complexity index is 1160. The van der Waals surface area contributed by atoms with Gasteiger partial charge in [0.05, 0.1) is 0 Å². The van der Waals surface area contributed by atoms with E-state index in [1.54, 1.807) is 35.2 Å². The molecule has 1 N–H and O–H groups in total. The maximum absolute atomic E-state index is 13.5. The minimum Gasteiger partial charge on any atom is -0.367 e. The molecule has 164 valence electrons. The molecule has 0 aromatic heterocycles. The number of Topliss-reactive ketones (excluding diaryl/α,β-unsaturated/α-hetero) is 2. The number of fused-ring (bicyclic) bond motifs is 1. The molecule has 0 radical (unpaired) electrons. The van der Waals surface area contributed by atoms with Gasteiger partial charge in [-0.25, -0.2) is 8.42 Å². The van der Waals surface area contributed by atoms with Crippen LogP contribution in [-0.4, -0.2) is 38.0 Å². The Morgan fingerprint density at radius 3 is 1.97 bits per heavy atom. The molecule has 0 spiro atoms. The summed E-state index contributed by atoms with van der Waals surface area (Å²) in [6.45, 7) is 8.68. The van der Waals surface area contributed by atoms with Crippen molar-refractivity contribution in [1.29, 1.82) is 0 Å². The highest BCUT2D eigenvalue weighted by Crippen LogP contribution is 2.32. The summed E-state index contributed by atoms with van der Waals surface area (Å²) >= 11 is 0. The standard InChI is InChI=1S/C24H28N2O4S/c1-5-13-26(14-6-2)21-22(27)19-9-7-8-10-20(19)23(28)24(21)31(29,30)25-18-12-11-16(3)17(4)15-18/h7-12,15,25H,5-6,13-14H2,1-4H3. The first-order chi connectivity index (χ1) is 14.7. The molecule has 6 nitrogen and oxygen atoms in total. The van der Waals surface area contributed by atoms with Gasteiger partial charge in [-0.1, -0.05) is 44.2 Å². The third-order valence-corrected chi connectivity index (χ3v) is 6.80. The highest BCUT2D eigenvalue weighted by atomic mass is 32.2. The zero-order chi connectivity index (χ0) is 22.8. The lowest BCUT2D eigenvalue weighted by Crippen LogP contribution is -2.38. The van der Waals surface area contributed by atoms with Crippen LogP contribution in [0, 0.1) is 13.8 Å². The number of aryl methyl sites for hydroxylation is 2. The van der Waals surface area contributed by atoms with E-state index in [-0.39, 0.29) is 16.8 Å². The van der Waals surface area contributed by atoms with E-state index >= 15 is 0 Å². The van der Waals surface area contributed by atoms with Crippen LogP contribution in [-0.2, 0) is 10.0 Å². The zero-order valence-corrected chi connectivity index (χ0v) is 19.2. The molecule has 31 heavy (non-hydrogen) atoms. The maximum Gasteiger partial charge on any atom is 0.268 e. The Balaban J connectivity index is 2.20. The molecule has 2 aromatic carbocycles. The number of hydrogen-bond acceptors (Lipinski definition) is 5. The number of anilines is 1. The summed E-state index contributed by atoms with van der Waals surface area (Å²) in [4.78, 5) is 28.1. The summed E-state index contributed by atoms with van der Waals surface area (Å²) < 4.78 is 29.5. The van der Waals surface area contributed by atoms with Crippen LogP contribution in [0.3, 0.4) is 0 Å². The zero-order valence-electron chi connectivity index (χ0n) is 18.4. The number of hydrogen-bond donors (Lipinski definition) is 1. The van der Waals surface area contributed by atoms with Gasteiger partial charge >= 0.3 is 0 Å². The Morgan fingerprint density at radius 1 is 0.839 bits per heavy atom. The molecule has 0 saturated carbocycles.